The Morgan fingerprint density at radius 2 is 2.10 bits per heavy atom. The SMILES string of the molecule is COCc1nc(CSc2ccccc2F)nc(Cl)c1Br. The third-order valence-corrected chi connectivity index (χ3v) is 4.78. The van der Waals surface area contributed by atoms with Gasteiger partial charge in [-0.25, -0.2) is 14.4 Å². The fourth-order valence-electron chi connectivity index (χ4n) is 1.51. The van der Waals surface area contributed by atoms with Gasteiger partial charge in [0.1, 0.15) is 16.8 Å². The maximum atomic E-state index is 13.5. The molecule has 0 spiro atoms. The summed E-state index contributed by atoms with van der Waals surface area (Å²) in [5.41, 5.74) is 0.677. The predicted molar refractivity (Wildman–Crippen MR) is 81.4 cm³/mol. The lowest BCUT2D eigenvalue weighted by Gasteiger charge is -2.07. The molecule has 1 aromatic carbocycles. The van der Waals surface area contributed by atoms with Crippen molar-refractivity contribution in [2.75, 3.05) is 7.11 Å². The van der Waals surface area contributed by atoms with Crippen LogP contribution in [0.3, 0.4) is 0 Å². The molecule has 0 N–H and O–H groups in total. The minimum Gasteiger partial charge on any atom is -0.378 e. The van der Waals surface area contributed by atoms with E-state index in [0.29, 0.717) is 38.4 Å². The number of benzene rings is 1. The molecule has 0 bridgehead atoms. The van der Waals surface area contributed by atoms with E-state index in [1.54, 1.807) is 25.3 Å². The largest absolute Gasteiger partial charge is 0.378 e. The van der Waals surface area contributed by atoms with E-state index in [9.17, 15) is 4.39 Å². The second kappa shape index (κ2) is 7.36. The third-order valence-electron chi connectivity index (χ3n) is 2.40. The van der Waals surface area contributed by atoms with Crippen LogP contribution in [0.5, 0.6) is 0 Å². The highest BCUT2D eigenvalue weighted by atomic mass is 79.9. The van der Waals surface area contributed by atoms with Gasteiger partial charge in [-0.1, -0.05) is 23.7 Å². The number of ether oxygens (including phenoxy) is 1. The van der Waals surface area contributed by atoms with E-state index in [4.69, 9.17) is 16.3 Å². The zero-order chi connectivity index (χ0) is 14.5. The highest BCUT2D eigenvalue weighted by Gasteiger charge is 2.11. The van der Waals surface area contributed by atoms with Gasteiger partial charge in [-0.05, 0) is 28.1 Å². The molecule has 7 heteroatoms. The van der Waals surface area contributed by atoms with Gasteiger partial charge >= 0.3 is 0 Å². The molecule has 1 heterocycles. The third kappa shape index (κ3) is 3.91. The van der Waals surface area contributed by atoms with Gasteiger partial charge in [0, 0.05) is 12.0 Å². The molecule has 0 atom stereocenters. The average Bonchev–Trinajstić information content (AvgIpc) is 2.43. The van der Waals surface area contributed by atoms with Crippen molar-refractivity contribution in [3.8, 4) is 0 Å². The van der Waals surface area contributed by atoms with Crippen LogP contribution in [0.1, 0.15) is 11.5 Å². The van der Waals surface area contributed by atoms with Crippen molar-refractivity contribution in [2.45, 2.75) is 17.3 Å². The number of hydrogen-bond acceptors (Lipinski definition) is 4. The standard InChI is InChI=1S/C13H11BrClFN2OS/c1-19-6-9-12(14)13(15)18-11(17-9)7-20-10-5-3-2-4-8(10)16/h2-5H,6-7H2,1H3. The molecule has 0 saturated heterocycles. The Bertz CT molecular complexity index is 615. The van der Waals surface area contributed by atoms with Crippen molar-refractivity contribution < 1.29 is 9.13 Å². The molecule has 2 rings (SSSR count). The topological polar surface area (TPSA) is 35.0 Å². The highest BCUT2D eigenvalue weighted by Crippen LogP contribution is 2.28. The number of halogens is 3. The fraction of sp³-hybridized carbons (Fsp3) is 0.231. The van der Waals surface area contributed by atoms with Crippen LogP contribution in [0, 0.1) is 5.82 Å². The summed E-state index contributed by atoms with van der Waals surface area (Å²) in [5, 5.41) is 0.330. The molecule has 0 saturated carbocycles. The minimum absolute atomic E-state index is 0.252. The molecule has 0 aliphatic rings. The summed E-state index contributed by atoms with van der Waals surface area (Å²) in [7, 11) is 1.58. The molecule has 3 nitrogen and oxygen atoms in total. The minimum atomic E-state index is -0.252. The number of thioether (sulfide) groups is 1. The predicted octanol–water partition coefficient (Wildman–Crippen LogP) is 4.47. The smallest absolute Gasteiger partial charge is 0.147 e. The fourth-order valence-corrected chi connectivity index (χ4v) is 2.81. The van der Waals surface area contributed by atoms with Crippen LogP contribution in [0.15, 0.2) is 33.6 Å². The number of methoxy groups -OCH3 is 1. The van der Waals surface area contributed by atoms with Gasteiger partial charge in [-0.3, -0.25) is 0 Å². The number of hydrogen-bond donors (Lipinski definition) is 0. The summed E-state index contributed by atoms with van der Waals surface area (Å²) < 4.78 is 19.2. The maximum absolute atomic E-state index is 13.5. The van der Waals surface area contributed by atoms with Crippen LogP contribution in [-0.4, -0.2) is 17.1 Å². The van der Waals surface area contributed by atoms with Crippen molar-refractivity contribution in [1.29, 1.82) is 0 Å². The first-order valence-electron chi connectivity index (χ1n) is 5.69. The Morgan fingerprint density at radius 3 is 2.80 bits per heavy atom. The average molecular weight is 378 g/mol. The normalized spacial score (nSPS) is 10.8. The summed E-state index contributed by atoms with van der Waals surface area (Å²) in [6.07, 6.45) is 0. The molecule has 0 amide bonds. The molecule has 106 valence electrons. The van der Waals surface area contributed by atoms with Crippen molar-refractivity contribution in [2.24, 2.45) is 0 Å². The van der Waals surface area contributed by atoms with Crippen molar-refractivity contribution in [1.82, 2.24) is 9.97 Å². The van der Waals surface area contributed by atoms with E-state index >= 15 is 0 Å². The van der Waals surface area contributed by atoms with Gasteiger partial charge in [0.05, 0.1) is 22.5 Å². The molecule has 20 heavy (non-hydrogen) atoms. The van der Waals surface area contributed by atoms with Gasteiger partial charge < -0.3 is 4.74 Å². The molecule has 0 aliphatic carbocycles. The number of rotatable bonds is 5. The summed E-state index contributed by atoms with van der Waals surface area (Å²) >= 11 is 10.7. The van der Waals surface area contributed by atoms with Crippen LogP contribution >= 0.6 is 39.3 Å². The first-order chi connectivity index (χ1) is 9.61. The van der Waals surface area contributed by atoms with E-state index in [1.807, 2.05) is 0 Å². The van der Waals surface area contributed by atoms with Gasteiger partial charge in [0.25, 0.3) is 0 Å². The van der Waals surface area contributed by atoms with E-state index in [2.05, 4.69) is 25.9 Å². The summed E-state index contributed by atoms with van der Waals surface area (Å²) in [4.78, 5) is 9.08. The molecular formula is C13H11BrClFN2OS. The van der Waals surface area contributed by atoms with Crippen LogP contribution in [-0.2, 0) is 17.1 Å². The Kier molecular flexibility index (Phi) is 5.77. The van der Waals surface area contributed by atoms with Crippen LogP contribution in [0.25, 0.3) is 0 Å². The van der Waals surface area contributed by atoms with Crippen LogP contribution in [0.2, 0.25) is 5.15 Å². The first kappa shape index (κ1) is 15.7. The highest BCUT2D eigenvalue weighted by molar-refractivity contribution is 9.10. The Hall–Kier alpha value is -0.690. The lowest BCUT2D eigenvalue weighted by atomic mass is 10.3. The first-order valence-corrected chi connectivity index (χ1v) is 7.84. The maximum Gasteiger partial charge on any atom is 0.147 e. The molecule has 0 aliphatic heterocycles. The summed E-state index contributed by atoms with van der Waals surface area (Å²) in [6.45, 7) is 0.334. The Balaban J connectivity index is 2.16. The van der Waals surface area contributed by atoms with Crippen LogP contribution < -0.4 is 0 Å². The monoisotopic (exact) mass is 376 g/mol. The Morgan fingerprint density at radius 1 is 1.35 bits per heavy atom. The van der Waals surface area contributed by atoms with Crippen molar-refractivity contribution >= 4 is 39.3 Å². The molecule has 0 fully saturated rings. The molecule has 1 aromatic heterocycles. The van der Waals surface area contributed by atoms with E-state index in [-0.39, 0.29) is 5.82 Å². The van der Waals surface area contributed by atoms with Crippen LogP contribution in [0.4, 0.5) is 4.39 Å². The molecule has 2 aromatic rings. The number of nitrogens with zero attached hydrogens (tertiary/aromatic N) is 2. The molecule has 0 unspecified atom stereocenters. The summed E-state index contributed by atoms with van der Waals surface area (Å²) in [5.74, 6) is 0.723. The lowest BCUT2D eigenvalue weighted by Crippen LogP contribution is -2.02. The second-order valence-corrected chi connectivity index (χ2v) is 6.01. The van der Waals surface area contributed by atoms with E-state index in [0.717, 1.165) is 0 Å². The van der Waals surface area contributed by atoms with Gasteiger partial charge in [-0.2, -0.15) is 0 Å². The van der Waals surface area contributed by atoms with E-state index < -0.39 is 0 Å². The zero-order valence-corrected chi connectivity index (χ0v) is 13.7. The van der Waals surface area contributed by atoms with Gasteiger partial charge in [-0.15, -0.1) is 11.8 Å². The Labute approximate surface area is 134 Å². The van der Waals surface area contributed by atoms with Gasteiger partial charge in [0.15, 0.2) is 0 Å². The molecule has 0 radical (unpaired) electrons. The lowest BCUT2D eigenvalue weighted by molar-refractivity contribution is 0.180. The molecular weight excluding hydrogens is 367 g/mol. The summed E-state index contributed by atoms with van der Waals surface area (Å²) in [6, 6.07) is 6.59. The van der Waals surface area contributed by atoms with Crippen molar-refractivity contribution in [3.05, 3.63) is 51.2 Å². The van der Waals surface area contributed by atoms with E-state index in [1.165, 1.54) is 17.8 Å². The number of aromatic nitrogens is 2. The zero-order valence-electron chi connectivity index (χ0n) is 10.6. The quantitative estimate of drug-likeness (QED) is 0.569. The second-order valence-electron chi connectivity index (χ2n) is 3.84. The van der Waals surface area contributed by atoms with Crippen molar-refractivity contribution in [3.63, 3.8) is 0 Å². The van der Waals surface area contributed by atoms with Gasteiger partial charge in [0.2, 0.25) is 0 Å².